The van der Waals surface area contributed by atoms with Crippen LogP contribution in [0.5, 0.6) is 11.5 Å². The van der Waals surface area contributed by atoms with E-state index >= 15 is 0 Å². The smallest absolute Gasteiger partial charge is 0.248 e. The maximum atomic E-state index is 11.0. The van der Waals surface area contributed by atoms with Crippen molar-refractivity contribution in [3.05, 3.63) is 53.9 Å². The summed E-state index contributed by atoms with van der Waals surface area (Å²) in [7, 11) is 0. The lowest BCUT2D eigenvalue weighted by Gasteiger charge is -2.06. The average molecular weight is 228 g/mol. The van der Waals surface area contributed by atoms with Crippen LogP contribution in [0.4, 0.5) is 0 Å². The van der Waals surface area contributed by atoms with Gasteiger partial charge < -0.3 is 10.5 Å². The lowest BCUT2D eigenvalue weighted by atomic mass is 10.2. The monoisotopic (exact) mass is 228 g/mol. The minimum Gasteiger partial charge on any atom is -0.456 e. The summed E-state index contributed by atoms with van der Waals surface area (Å²) < 4.78 is 5.55. The Morgan fingerprint density at radius 3 is 2.71 bits per heavy atom. The predicted molar refractivity (Wildman–Crippen MR) is 64.0 cm³/mol. The minimum absolute atomic E-state index is 0.419. The summed E-state index contributed by atoms with van der Waals surface area (Å²) in [6.07, 6.45) is 1.63. The van der Waals surface area contributed by atoms with Gasteiger partial charge in [0.15, 0.2) is 0 Å². The van der Waals surface area contributed by atoms with Crippen molar-refractivity contribution < 1.29 is 9.53 Å². The van der Waals surface area contributed by atoms with Crippen LogP contribution >= 0.6 is 0 Å². The van der Waals surface area contributed by atoms with Crippen molar-refractivity contribution in [3.63, 3.8) is 0 Å². The number of carbonyl (C=O) groups is 1. The highest BCUT2D eigenvalue weighted by Gasteiger charge is 2.03. The first-order valence-electron chi connectivity index (χ1n) is 5.15. The van der Waals surface area contributed by atoms with E-state index in [4.69, 9.17) is 10.5 Å². The van der Waals surface area contributed by atoms with Gasteiger partial charge in [-0.25, -0.2) is 0 Å². The molecule has 0 aliphatic rings. The number of benzene rings is 1. The number of hydrogen-bond donors (Lipinski definition) is 1. The molecule has 2 rings (SSSR count). The van der Waals surface area contributed by atoms with Crippen molar-refractivity contribution in [2.45, 2.75) is 6.92 Å². The highest BCUT2D eigenvalue weighted by Crippen LogP contribution is 2.21. The Hall–Kier alpha value is -2.36. The van der Waals surface area contributed by atoms with Gasteiger partial charge in [-0.2, -0.15) is 0 Å². The summed E-state index contributed by atoms with van der Waals surface area (Å²) in [5.41, 5.74) is 6.53. The van der Waals surface area contributed by atoms with Gasteiger partial charge in [-0.1, -0.05) is 6.07 Å². The summed E-state index contributed by atoms with van der Waals surface area (Å²) in [5, 5.41) is 0. The number of amides is 1. The largest absolute Gasteiger partial charge is 0.456 e. The van der Waals surface area contributed by atoms with E-state index in [9.17, 15) is 4.79 Å². The van der Waals surface area contributed by atoms with Gasteiger partial charge in [0.1, 0.15) is 11.5 Å². The van der Waals surface area contributed by atoms with Gasteiger partial charge in [0, 0.05) is 11.3 Å². The normalized spacial score (nSPS) is 9.94. The Bertz CT molecular complexity index is 535. The van der Waals surface area contributed by atoms with Crippen molar-refractivity contribution >= 4 is 5.91 Å². The Morgan fingerprint density at radius 2 is 2.06 bits per heavy atom. The summed E-state index contributed by atoms with van der Waals surface area (Å²) >= 11 is 0. The molecule has 1 heterocycles. The zero-order valence-corrected chi connectivity index (χ0v) is 9.38. The number of ether oxygens (including phenoxy) is 1. The van der Waals surface area contributed by atoms with E-state index in [1.54, 1.807) is 30.5 Å². The van der Waals surface area contributed by atoms with Gasteiger partial charge in [0.25, 0.3) is 0 Å². The molecule has 4 nitrogen and oxygen atoms in total. The molecule has 1 amide bonds. The van der Waals surface area contributed by atoms with Crippen molar-refractivity contribution in [3.8, 4) is 11.5 Å². The first-order valence-corrected chi connectivity index (χ1v) is 5.15. The molecule has 0 radical (unpaired) electrons. The van der Waals surface area contributed by atoms with E-state index in [0.29, 0.717) is 17.1 Å². The Kier molecular flexibility index (Phi) is 3.05. The zero-order valence-electron chi connectivity index (χ0n) is 9.38. The van der Waals surface area contributed by atoms with Crippen LogP contribution in [-0.2, 0) is 0 Å². The summed E-state index contributed by atoms with van der Waals surface area (Å²) in [6.45, 7) is 1.90. The lowest BCUT2D eigenvalue weighted by molar-refractivity contribution is 0.1000. The van der Waals surface area contributed by atoms with Gasteiger partial charge in [-0.3, -0.25) is 9.78 Å². The number of hydrogen-bond acceptors (Lipinski definition) is 3. The number of pyridine rings is 1. The van der Waals surface area contributed by atoms with E-state index < -0.39 is 5.91 Å². The van der Waals surface area contributed by atoms with Gasteiger partial charge >= 0.3 is 0 Å². The second-order valence-corrected chi connectivity index (χ2v) is 3.63. The maximum absolute atomic E-state index is 11.0. The van der Waals surface area contributed by atoms with Crippen LogP contribution in [0.25, 0.3) is 0 Å². The van der Waals surface area contributed by atoms with Crippen LogP contribution in [0.15, 0.2) is 42.6 Å². The molecule has 86 valence electrons. The molecule has 0 atom stereocenters. The molecular weight excluding hydrogens is 216 g/mol. The maximum Gasteiger partial charge on any atom is 0.248 e. The quantitative estimate of drug-likeness (QED) is 0.876. The SMILES string of the molecule is Cc1ccc(Oc2cccc(C(N)=O)c2)cn1. The molecule has 0 bridgehead atoms. The number of aromatic nitrogens is 1. The molecule has 0 fully saturated rings. The van der Waals surface area contributed by atoms with Crippen LogP contribution in [0, 0.1) is 6.92 Å². The third kappa shape index (κ3) is 2.81. The van der Waals surface area contributed by atoms with Gasteiger partial charge in [-0.15, -0.1) is 0 Å². The molecule has 1 aromatic heterocycles. The Balaban J connectivity index is 2.21. The molecule has 2 N–H and O–H groups in total. The van der Waals surface area contributed by atoms with Crippen LogP contribution in [0.1, 0.15) is 16.1 Å². The molecule has 0 aliphatic carbocycles. The van der Waals surface area contributed by atoms with Gasteiger partial charge in [0.2, 0.25) is 5.91 Å². The van der Waals surface area contributed by atoms with E-state index in [0.717, 1.165) is 5.69 Å². The van der Waals surface area contributed by atoms with Crippen molar-refractivity contribution in [2.75, 3.05) is 0 Å². The highest BCUT2D eigenvalue weighted by atomic mass is 16.5. The molecule has 0 saturated heterocycles. The number of aryl methyl sites for hydroxylation is 1. The number of nitrogens with zero attached hydrogens (tertiary/aromatic N) is 1. The zero-order chi connectivity index (χ0) is 12.3. The molecule has 1 aromatic carbocycles. The van der Waals surface area contributed by atoms with Crippen molar-refractivity contribution in [1.29, 1.82) is 0 Å². The fourth-order valence-electron chi connectivity index (χ4n) is 1.36. The first-order chi connectivity index (χ1) is 8.15. The van der Waals surface area contributed by atoms with Gasteiger partial charge in [-0.05, 0) is 37.3 Å². The van der Waals surface area contributed by atoms with E-state index in [2.05, 4.69) is 4.98 Å². The fourth-order valence-corrected chi connectivity index (χ4v) is 1.36. The number of rotatable bonds is 3. The molecule has 0 aliphatic heterocycles. The number of carbonyl (C=O) groups excluding carboxylic acids is 1. The third-order valence-corrected chi connectivity index (χ3v) is 2.24. The fraction of sp³-hybridized carbons (Fsp3) is 0.0769. The molecule has 2 aromatic rings. The van der Waals surface area contributed by atoms with Crippen LogP contribution < -0.4 is 10.5 Å². The van der Waals surface area contributed by atoms with Crippen molar-refractivity contribution in [1.82, 2.24) is 4.98 Å². The second kappa shape index (κ2) is 4.65. The second-order valence-electron chi connectivity index (χ2n) is 3.63. The molecule has 0 saturated carbocycles. The summed E-state index contributed by atoms with van der Waals surface area (Å²) in [6, 6.07) is 10.4. The average Bonchev–Trinajstić information content (AvgIpc) is 2.32. The van der Waals surface area contributed by atoms with Gasteiger partial charge in [0.05, 0.1) is 6.20 Å². The highest BCUT2D eigenvalue weighted by molar-refractivity contribution is 5.93. The van der Waals surface area contributed by atoms with E-state index in [-0.39, 0.29) is 0 Å². The topological polar surface area (TPSA) is 65.2 Å². The third-order valence-electron chi connectivity index (χ3n) is 2.24. The van der Waals surface area contributed by atoms with Crippen LogP contribution in [0.2, 0.25) is 0 Å². The van der Waals surface area contributed by atoms with E-state index in [1.165, 1.54) is 0 Å². The molecule has 0 spiro atoms. The van der Waals surface area contributed by atoms with Crippen LogP contribution in [-0.4, -0.2) is 10.9 Å². The molecule has 17 heavy (non-hydrogen) atoms. The Morgan fingerprint density at radius 1 is 1.24 bits per heavy atom. The summed E-state index contributed by atoms with van der Waals surface area (Å²) in [5.74, 6) is 0.710. The molecule has 4 heteroatoms. The molecular formula is C13H12N2O2. The van der Waals surface area contributed by atoms with Crippen LogP contribution in [0.3, 0.4) is 0 Å². The number of primary amides is 1. The predicted octanol–water partition coefficient (Wildman–Crippen LogP) is 2.28. The standard InChI is InChI=1S/C13H12N2O2/c1-9-5-6-12(8-15-9)17-11-4-2-3-10(7-11)13(14)16/h2-8H,1H3,(H2,14,16). The Labute approximate surface area is 99.1 Å². The number of nitrogens with two attached hydrogens (primary N) is 1. The minimum atomic E-state index is -0.475. The van der Waals surface area contributed by atoms with Crippen molar-refractivity contribution in [2.24, 2.45) is 5.73 Å². The first kappa shape index (κ1) is 11.1. The lowest BCUT2D eigenvalue weighted by Crippen LogP contribution is -2.10. The molecule has 0 unspecified atom stereocenters. The van der Waals surface area contributed by atoms with E-state index in [1.807, 2.05) is 19.1 Å². The summed E-state index contributed by atoms with van der Waals surface area (Å²) in [4.78, 5) is 15.1.